The summed E-state index contributed by atoms with van der Waals surface area (Å²) in [6, 6.07) is 4.71. The van der Waals surface area contributed by atoms with E-state index in [0.717, 1.165) is 12.8 Å². The van der Waals surface area contributed by atoms with Gasteiger partial charge in [-0.05, 0) is 38.8 Å². The SMILES string of the molecule is CC1(C)CC(Nc2cc(Cl)ccc2[N+](=O)[O-])CCO1. The summed E-state index contributed by atoms with van der Waals surface area (Å²) in [5.41, 5.74) is 0.317. The maximum atomic E-state index is 11.0. The van der Waals surface area contributed by atoms with Crippen LogP contribution in [-0.4, -0.2) is 23.2 Å². The van der Waals surface area contributed by atoms with Gasteiger partial charge in [0.05, 0.1) is 10.5 Å². The van der Waals surface area contributed by atoms with E-state index < -0.39 is 4.92 Å². The van der Waals surface area contributed by atoms with Crippen molar-refractivity contribution in [2.75, 3.05) is 11.9 Å². The van der Waals surface area contributed by atoms with E-state index >= 15 is 0 Å². The average molecular weight is 285 g/mol. The summed E-state index contributed by atoms with van der Waals surface area (Å²) in [4.78, 5) is 10.6. The molecule has 0 bridgehead atoms. The van der Waals surface area contributed by atoms with E-state index in [1.807, 2.05) is 13.8 Å². The molecule has 104 valence electrons. The summed E-state index contributed by atoms with van der Waals surface area (Å²) in [6.07, 6.45) is 1.63. The van der Waals surface area contributed by atoms with Crippen molar-refractivity contribution in [3.8, 4) is 0 Å². The van der Waals surface area contributed by atoms with Crippen LogP contribution in [0.5, 0.6) is 0 Å². The lowest BCUT2D eigenvalue weighted by atomic mass is 9.94. The Kier molecular flexibility index (Phi) is 3.96. The van der Waals surface area contributed by atoms with Gasteiger partial charge in [0.1, 0.15) is 5.69 Å². The Labute approximate surface area is 117 Å². The van der Waals surface area contributed by atoms with Crippen molar-refractivity contribution < 1.29 is 9.66 Å². The normalized spacial score (nSPS) is 21.9. The van der Waals surface area contributed by atoms with Crippen LogP contribution in [0.3, 0.4) is 0 Å². The molecule has 1 aliphatic rings. The van der Waals surface area contributed by atoms with E-state index in [-0.39, 0.29) is 17.3 Å². The molecule has 1 aromatic rings. The van der Waals surface area contributed by atoms with Crippen molar-refractivity contribution in [1.82, 2.24) is 0 Å². The van der Waals surface area contributed by atoms with E-state index in [1.165, 1.54) is 12.1 Å². The molecule has 0 aromatic heterocycles. The van der Waals surface area contributed by atoms with Crippen LogP contribution < -0.4 is 5.32 Å². The number of nitrogens with zero attached hydrogens (tertiary/aromatic N) is 1. The molecule has 1 aromatic carbocycles. The van der Waals surface area contributed by atoms with E-state index in [1.54, 1.807) is 6.07 Å². The molecule has 1 heterocycles. The molecule has 2 rings (SSSR count). The fraction of sp³-hybridized carbons (Fsp3) is 0.538. The zero-order valence-electron chi connectivity index (χ0n) is 11.0. The van der Waals surface area contributed by atoms with E-state index in [2.05, 4.69) is 5.32 Å². The van der Waals surface area contributed by atoms with Gasteiger partial charge < -0.3 is 10.1 Å². The number of halogens is 1. The van der Waals surface area contributed by atoms with Crippen LogP contribution in [0.1, 0.15) is 26.7 Å². The van der Waals surface area contributed by atoms with Crippen LogP contribution in [0.4, 0.5) is 11.4 Å². The molecule has 5 nitrogen and oxygen atoms in total. The quantitative estimate of drug-likeness (QED) is 0.680. The van der Waals surface area contributed by atoms with Crippen LogP contribution in [0.25, 0.3) is 0 Å². The number of rotatable bonds is 3. The third-order valence-electron chi connectivity index (χ3n) is 3.21. The van der Waals surface area contributed by atoms with Gasteiger partial charge in [0.15, 0.2) is 0 Å². The number of benzene rings is 1. The standard InChI is InChI=1S/C13H17ClN2O3/c1-13(2)8-10(5-6-19-13)15-11-7-9(14)3-4-12(11)16(17)18/h3-4,7,10,15H,5-6,8H2,1-2H3. The zero-order chi connectivity index (χ0) is 14.0. The molecular formula is C13H17ClN2O3. The minimum atomic E-state index is -0.400. The number of nitrogens with one attached hydrogen (secondary N) is 1. The summed E-state index contributed by atoms with van der Waals surface area (Å²) in [5, 5.41) is 14.7. The molecule has 1 unspecified atom stereocenters. The first-order chi connectivity index (χ1) is 8.87. The van der Waals surface area contributed by atoms with Crippen molar-refractivity contribution in [1.29, 1.82) is 0 Å². The molecule has 0 amide bonds. The van der Waals surface area contributed by atoms with E-state index in [0.29, 0.717) is 17.3 Å². The van der Waals surface area contributed by atoms with Gasteiger partial charge in [0, 0.05) is 23.7 Å². The maximum absolute atomic E-state index is 11.0. The minimum absolute atomic E-state index is 0.0497. The van der Waals surface area contributed by atoms with Crippen LogP contribution in [-0.2, 0) is 4.74 Å². The van der Waals surface area contributed by atoms with Gasteiger partial charge in [-0.25, -0.2) is 0 Å². The second-order valence-corrected chi connectivity index (χ2v) is 5.80. The number of nitro benzene ring substituents is 1. The second kappa shape index (κ2) is 5.35. The van der Waals surface area contributed by atoms with Crippen molar-refractivity contribution >= 4 is 23.0 Å². The maximum Gasteiger partial charge on any atom is 0.292 e. The predicted molar refractivity (Wildman–Crippen MR) is 74.8 cm³/mol. The number of nitro groups is 1. The first-order valence-electron chi connectivity index (χ1n) is 6.22. The number of anilines is 1. The van der Waals surface area contributed by atoms with E-state index in [9.17, 15) is 10.1 Å². The Morgan fingerprint density at radius 3 is 2.89 bits per heavy atom. The van der Waals surface area contributed by atoms with Gasteiger partial charge in [-0.15, -0.1) is 0 Å². The Bertz CT molecular complexity index is 491. The van der Waals surface area contributed by atoms with Gasteiger partial charge in [0.2, 0.25) is 0 Å². The fourth-order valence-electron chi connectivity index (χ4n) is 2.36. The first kappa shape index (κ1) is 14.1. The van der Waals surface area contributed by atoms with Crippen molar-refractivity contribution in [2.24, 2.45) is 0 Å². The summed E-state index contributed by atoms with van der Waals surface area (Å²) in [7, 11) is 0. The number of hydrogen-bond donors (Lipinski definition) is 1. The highest BCUT2D eigenvalue weighted by Gasteiger charge is 2.29. The van der Waals surface area contributed by atoms with E-state index in [4.69, 9.17) is 16.3 Å². The molecule has 1 aliphatic heterocycles. The first-order valence-corrected chi connectivity index (χ1v) is 6.60. The smallest absolute Gasteiger partial charge is 0.292 e. The Morgan fingerprint density at radius 1 is 1.53 bits per heavy atom. The second-order valence-electron chi connectivity index (χ2n) is 5.36. The molecule has 19 heavy (non-hydrogen) atoms. The summed E-state index contributed by atoms with van der Waals surface area (Å²) < 4.78 is 5.63. The van der Waals surface area contributed by atoms with Gasteiger partial charge in [-0.2, -0.15) is 0 Å². The molecule has 1 atom stereocenters. The summed E-state index contributed by atoms with van der Waals surface area (Å²) in [5.74, 6) is 0. The number of ether oxygens (including phenoxy) is 1. The van der Waals surface area contributed by atoms with Gasteiger partial charge in [-0.1, -0.05) is 11.6 Å². The molecule has 0 aliphatic carbocycles. The van der Waals surface area contributed by atoms with Crippen molar-refractivity contribution in [2.45, 2.75) is 38.3 Å². The molecule has 0 radical (unpaired) electrons. The highest BCUT2D eigenvalue weighted by molar-refractivity contribution is 6.31. The summed E-state index contributed by atoms with van der Waals surface area (Å²) >= 11 is 5.91. The molecule has 0 saturated carbocycles. The molecule has 1 saturated heterocycles. The molecule has 1 N–H and O–H groups in total. The number of hydrogen-bond acceptors (Lipinski definition) is 4. The topological polar surface area (TPSA) is 64.4 Å². The summed E-state index contributed by atoms with van der Waals surface area (Å²) in [6.45, 7) is 4.69. The lowest BCUT2D eigenvalue weighted by molar-refractivity contribution is -0.384. The molecule has 1 fully saturated rings. The Balaban J connectivity index is 2.18. The van der Waals surface area contributed by atoms with Gasteiger partial charge in [0.25, 0.3) is 5.69 Å². The predicted octanol–water partition coefficient (Wildman–Crippen LogP) is 3.62. The molecule has 0 spiro atoms. The van der Waals surface area contributed by atoms with Crippen molar-refractivity contribution in [3.05, 3.63) is 33.3 Å². The Morgan fingerprint density at radius 2 is 2.26 bits per heavy atom. The lowest BCUT2D eigenvalue weighted by Gasteiger charge is -2.36. The highest BCUT2D eigenvalue weighted by Crippen LogP contribution is 2.32. The average Bonchev–Trinajstić information content (AvgIpc) is 2.27. The van der Waals surface area contributed by atoms with Crippen LogP contribution in [0.15, 0.2) is 18.2 Å². The molecule has 6 heteroatoms. The van der Waals surface area contributed by atoms with Gasteiger partial charge in [-0.3, -0.25) is 10.1 Å². The fourth-order valence-corrected chi connectivity index (χ4v) is 2.53. The third-order valence-corrected chi connectivity index (χ3v) is 3.45. The monoisotopic (exact) mass is 284 g/mol. The van der Waals surface area contributed by atoms with Crippen molar-refractivity contribution in [3.63, 3.8) is 0 Å². The zero-order valence-corrected chi connectivity index (χ0v) is 11.7. The minimum Gasteiger partial charge on any atom is -0.377 e. The lowest BCUT2D eigenvalue weighted by Crippen LogP contribution is -2.40. The Hall–Kier alpha value is -1.33. The van der Waals surface area contributed by atoms with Crippen LogP contribution in [0.2, 0.25) is 5.02 Å². The van der Waals surface area contributed by atoms with Gasteiger partial charge >= 0.3 is 0 Å². The largest absolute Gasteiger partial charge is 0.377 e. The highest BCUT2D eigenvalue weighted by atomic mass is 35.5. The third kappa shape index (κ3) is 3.58. The van der Waals surface area contributed by atoms with Crippen LogP contribution >= 0.6 is 11.6 Å². The van der Waals surface area contributed by atoms with Crippen LogP contribution in [0, 0.1) is 10.1 Å². The molecular weight excluding hydrogens is 268 g/mol.